The monoisotopic (exact) mass is 373 g/mol. The molecule has 0 aliphatic carbocycles. The van der Waals surface area contributed by atoms with E-state index in [0.717, 1.165) is 22.4 Å². The predicted octanol–water partition coefficient (Wildman–Crippen LogP) is 4.08. The molecule has 0 aliphatic rings. The van der Waals surface area contributed by atoms with Crippen LogP contribution in [0.4, 0.5) is 11.6 Å². The molecule has 4 rings (SSSR count). The van der Waals surface area contributed by atoms with Crippen molar-refractivity contribution in [1.82, 2.24) is 14.6 Å². The summed E-state index contributed by atoms with van der Waals surface area (Å²) in [5.74, 6) is 1.42. The second kappa shape index (κ2) is 7.60. The molecular weight excluding hydrogens is 350 g/mol. The number of nitrogens with one attached hydrogen (secondary N) is 1. The molecule has 1 N–H and O–H groups in total. The van der Waals surface area contributed by atoms with Crippen molar-refractivity contribution < 1.29 is 4.74 Å². The van der Waals surface area contributed by atoms with Crippen molar-refractivity contribution in [3.05, 3.63) is 72.6 Å². The smallest absolute Gasteiger partial charge is 0.241 e. The number of methoxy groups -OCH3 is 1. The Bertz CT molecular complexity index is 1100. The van der Waals surface area contributed by atoms with Gasteiger partial charge in [0.2, 0.25) is 5.95 Å². The first-order valence-corrected chi connectivity index (χ1v) is 9.13. The third kappa shape index (κ3) is 3.49. The Balaban J connectivity index is 1.57. The highest BCUT2D eigenvalue weighted by Gasteiger charge is 2.11. The number of para-hydroxylation sites is 1. The molecule has 0 aliphatic heterocycles. The third-order valence-electron chi connectivity index (χ3n) is 4.69. The second-order valence-corrected chi connectivity index (χ2v) is 6.76. The zero-order valence-electron chi connectivity index (χ0n) is 16.3. The van der Waals surface area contributed by atoms with Crippen molar-refractivity contribution in [1.29, 1.82) is 0 Å². The van der Waals surface area contributed by atoms with E-state index in [9.17, 15) is 0 Å². The van der Waals surface area contributed by atoms with Crippen molar-refractivity contribution in [2.24, 2.45) is 0 Å². The van der Waals surface area contributed by atoms with Gasteiger partial charge in [0.05, 0.1) is 18.8 Å². The first-order chi connectivity index (χ1) is 13.7. The van der Waals surface area contributed by atoms with Gasteiger partial charge in [0.1, 0.15) is 5.75 Å². The number of hydrogen-bond acceptors (Lipinski definition) is 5. The zero-order chi connectivity index (χ0) is 19.5. The number of aromatic nitrogens is 3. The van der Waals surface area contributed by atoms with E-state index < -0.39 is 0 Å². The van der Waals surface area contributed by atoms with Crippen LogP contribution >= 0.6 is 0 Å². The molecule has 2 heterocycles. The van der Waals surface area contributed by atoms with Crippen LogP contribution in [0, 0.1) is 0 Å². The Morgan fingerprint density at radius 1 is 1.04 bits per heavy atom. The van der Waals surface area contributed by atoms with E-state index in [1.807, 2.05) is 61.3 Å². The third-order valence-corrected chi connectivity index (χ3v) is 4.69. The molecule has 4 aromatic rings. The lowest BCUT2D eigenvalue weighted by atomic mass is 10.1. The Morgan fingerprint density at radius 2 is 1.89 bits per heavy atom. The number of hydrogen-bond donors (Lipinski definition) is 1. The summed E-state index contributed by atoms with van der Waals surface area (Å²) in [5.41, 5.74) is 5.35. The fraction of sp³-hybridized carbons (Fsp3) is 0.182. The summed E-state index contributed by atoms with van der Waals surface area (Å²) in [6.45, 7) is 0.661. The molecule has 28 heavy (non-hydrogen) atoms. The number of fused-ring (bicyclic) bond motifs is 1. The summed E-state index contributed by atoms with van der Waals surface area (Å²) < 4.78 is 7.33. The molecule has 0 saturated heterocycles. The molecule has 6 nitrogen and oxygen atoms in total. The maximum absolute atomic E-state index is 5.49. The van der Waals surface area contributed by atoms with E-state index in [4.69, 9.17) is 4.74 Å². The van der Waals surface area contributed by atoms with Gasteiger partial charge in [-0.25, -0.2) is 9.50 Å². The largest absolute Gasteiger partial charge is 0.496 e. The van der Waals surface area contributed by atoms with Gasteiger partial charge in [-0.2, -0.15) is 0 Å². The number of anilines is 2. The quantitative estimate of drug-likeness (QED) is 0.552. The predicted molar refractivity (Wildman–Crippen MR) is 113 cm³/mol. The highest BCUT2D eigenvalue weighted by Crippen LogP contribution is 2.32. The van der Waals surface area contributed by atoms with Crippen molar-refractivity contribution in [2.75, 3.05) is 31.4 Å². The Morgan fingerprint density at radius 3 is 2.71 bits per heavy atom. The van der Waals surface area contributed by atoms with Crippen molar-refractivity contribution in [2.45, 2.75) is 6.54 Å². The van der Waals surface area contributed by atoms with Crippen molar-refractivity contribution >= 4 is 17.2 Å². The minimum Gasteiger partial charge on any atom is -0.496 e. The summed E-state index contributed by atoms with van der Waals surface area (Å²) in [4.78, 5) is 6.59. The van der Waals surface area contributed by atoms with Gasteiger partial charge < -0.3 is 15.0 Å². The second-order valence-electron chi connectivity index (χ2n) is 6.76. The lowest BCUT2D eigenvalue weighted by molar-refractivity contribution is 0.416. The topological polar surface area (TPSA) is 54.7 Å². The first-order valence-electron chi connectivity index (χ1n) is 9.13. The van der Waals surface area contributed by atoms with Crippen LogP contribution in [-0.2, 0) is 6.54 Å². The van der Waals surface area contributed by atoms with E-state index in [1.165, 1.54) is 11.3 Å². The standard InChI is InChI=1S/C22H23N5O/c1-26(2)17-8-6-7-16(13-17)14-23-22-24-15-20-18(11-12-27(20)25-22)19-9-4-5-10-21(19)28-3/h4-13,15H,14H2,1-3H3,(H,23,25). The molecule has 0 unspecified atom stereocenters. The summed E-state index contributed by atoms with van der Waals surface area (Å²) >= 11 is 0. The highest BCUT2D eigenvalue weighted by atomic mass is 16.5. The van der Waals surface area contributed by atoms with Gasteiger partial charge in [-0.05, 0) is 29.8 Å². The van der Waals surface area contributed by atoms with Crippen LogP contribution in [0.5, 0.6) is 5.75 Å². The van der Waals surface area contributed by atoms with Crippen LogP contribution in [0.15, 0.2) is 67.0 Å². The van der Waals surface area contributed by atoms with Crippen LogP contribution in [0.3, 0.4) is 0 Å². The molecule has 2 aromatic heterocycles. The lowest BCUT2D eigenvalue weighted by Gasteiger charge is -2.14. The van der Waals surface area contributed by atoms with Crippen molar-refractivity contribution in [3.8, 4) is 16.9 Å². The Hall–Kier alpha value is -3.54. The van der Waals surface area contributed by atoms with Crippen LogP contribution in [0.1, 0.15) is 5.56 Å². The van der Waals surface area contributed by atoms with Gasteiger partial charge >= 0.3 is 0 Å². The molecule has 0 amide bonds. The van der Waals surface area contributed by atoms with Gasteiger partial charge in [-0.3, -0.25) is 0 Å². The minimum absolute atomic E-state index is 0.588. The van der Waals surface area contributed by atoms with Gasteiger partial charge in [-0.15, -0.1) is 5.10 Å². The molecule has 0 atom stereocenters. The van der Waals surface area contributed by atoms with Gasteiger partial charge in [0.15, 0.2) is 0 Å². The Kier molecular flexibility index (Phi) is 4.85. The van der Waals surface area contributed by atoms with E-state index >= 15 is 0 Å². The van der Waals surface area contributed by atoms with E-state index in [1.54, 1.807) is 7.11 Å². The molecule has 0 bridgehead atoms. The molecule has 6 heteroatoms. The molecule has 0 saturated carbocycles. The number of benzene rings is 2. The summed E-state index contributed by atoms with van der Waals surface area (Å²) in [7, 11) is 5.75. The average Bonchev–Trinajstić information content (AvgIpc) is 3.15. The zero-order valence-corrected chi connectivity index (χ0v) is 16.3. The molecule has 2 aromatic carbocycles. The average molecular weight is 373 g/mol. The van der Waals surface area contributed by atoms with Gasteiger partial charge in [0.25, 0.3) is 0 Å². The summed E-state index contributed by atoms with van der Waals surface area (Å²) in [6, 6.07) is 18.4. The fourth-order valence-corrected chi connectivity index (χ4v) is 3.20. The minimum atomic E-state index is 0.588. The lowest BCUT2D eigenvalue weighted by Crippen LogP contribution is -2.10. The maximum atomic E-state index is 5.49. The van der Waals surface area contributed by atoms with E-state index in [-0.39, 0.29) is 0 Å². The van der Waals surface area contributed by atoms with Gasteiger partial charge in [0, 0.05) is 43.7 Å². The Labute approximate surface area is 164 Å². The van der Waals surface area contributed by atoms with Crippen LogP contribution in [-0.4, -0.2) is 35.8 Å². The molecule has 0 spiro atoms. The number of rotatable bonds is 6. The van der Waals surface area contributed by atoms with Crippen LogP contribution in [0.25, 0.3) is 16.6 Å². The maximum Gasteiger partial charge on any atom is 0.241 e. The van der Waals surface area contributed by atoms with E-state index in [2.05, 4.69) is 44.6 Å². The summed E-state index contributed by atoms with van der Waals surface area (Å²) in [5, 5.41) is 7.90. The normalized spacial score (nSPS) is 10.8. The number of ether oxygens (including phenoxy) is 1. The highest BCUT2D eigenvalue weighted by molar-refractivity contribution is 5.83. The molecule has 142 valence electrons. The van der Waals surface area contributed by atoms with Crippen molar-refractivity contribution in [3.63, 3.8) is 0 Å². The first kappa shape index (κ1) is 17.9. The molecular formula is C22H23N5O. The molecule has 0 fully saturated rings. The van der Waals surface area contributed by atoms with Gasteiger partial charge in [-0.1, -0.05) is 30.3 Å². The van der Waals surface area contributed by atoms with E-state index in [0.29, 0.717) is 12.5 Å². The number of nitrogens with zero attached hydrogens (tertiary/aromatic N) is 4. The fourth-order valence-electron chi connectivity index (χ4n) is 3.20. The SMILES string of the molecule is COc1ccccc1-c1ccn2nc(NCc3cccc(N(C)C)c3)ncc12. The van der Waals surface area contributed by atoms with Crippen LogP contribution < -0.4 is 15.0 Å². The summed E-state index contributed by atoms with van der Waals surface area (Å²) in [6.07, 6.45) is 3.78. The molecule has 0 radical (unpaired) electrons. The van der Waals surface area contributed by atoms with Crippen LogP contribution in [0.2, 0.25) is 0 Å².